The second kappa shape index (κ2) is 4.99. The molecule has 0 spiro atoms. The van der Waals surface area contributed by atoms with E-state index in [0.29, 0.717) is 12.3 Å². The van der Waals surface area contributed by atoms with E-state index in [1.165, 1.54) is 0 Å². The lowest BCUT2D eigenvalue weighted by molar-refractivity contribution is 0.341. The van der Waals surface area contributed by atoms with E-state index in [0.717, 1.165) is 32.3 Å². The lowest BCUT2D eigenvalue weighted by Gasteiger charge is -2.03. The quantitative estimate of drug-likeness (QED) is 0.587. The van der Waals surface area contributed by atoms with Gasteiger partial charge in [0.1, 0.15) is 5.75 Å². The van der Waals surface area contributed by atoms with E-state index in [1.807, 2.05) is 49.4 Å². The highest BCUT2D eigenvalue weighted by Gasteiger charge is 2.14. The molecule has 22 heavy (non-hydrogen) atoms. The summed E-state index contributed by atoms with van der Waals surface area (Å²) in [7, 11) is 0. The van der Waals surface area contributed by atoms with Crippen LogP contribution < -0.4 is 10.5 Å². The molecule has 0 amide bonds. The molecule has 0 fully saturated rings. The second-order valence-electron chi connectivity index (χ2n) is 4.93. The molecule has 2 heterocycles. The van der Waals surface area contributed by atoms with Crippen LogP contribution >= 0.6 is 11.3 Å². The summed E-state index contributed by atoms with van der Waals surface area (Å²) < 4.78 is 8.75. The number of nitrogens with zero attached hydrogens (tertiary/aromatic N) is 3. The third kappa shape index (κ3) is 2.00. The van der Waals surface area contributed by atoms with E-state index in [2.05, 4.69) is 14.6 Å². The van der Waals surface area contributed by atoms with E-state index < -0.39 is 0 Å². The van der Waals surface area contributed by atoms with Crippen molar-refractivity contribution in [3.63, 3.8) is 0 Å². The summed E-state index contributed by atoms with van der Waals surface area (Å²) in [5.41, 5.74) is 8.63. The van der Waals surface area contributed by atoms with Crippen LogP contribution in [-0.4, -0.2) is 21.2 Å². The Morgan fingerprint density at radius 2 is 2.09 bits per heavy atom. The van der Waals surface area contributed by atoms with Gasteiger partial charge in [-0.3, -0.25) is 4.40 Å². The van der Waals surface area contributed by atoms with Gasteiger partial charge >= 0.3 is 0 Å². The van der Waals surface area contributed by atoms with Gasteiger partial charge in [-0.15, -0.1) is 10.2 Å². The van der Waals surface area contributed by atoms with E-state index in [1.54, 1.807) is 11.3 Å². The molecule has 4 rings (SSSR count). The summed E-state index contributed by atoms with van der Waals surface area (Å²) in [6.07, 6.45) is 0. The Bertz CT molecular complexity index is 973. The minimum Gasteiger partial charge on any atom is -0.494 e. The Morgan fingerprint density at radius 3 is 2.91 bits per heavy atom. The van der Waals surface area contributed by atoms with Gasteiger partial charge in [-0.2, -0.15) is 0 Å². The van der Waals surface area contributed by atoms with Crippen molar-refractivity contribution >= 4 is 32.2 Å². The summed E-state index contributed by atoms with van der Waals surface area (Å²) in [4.78, 5) is 0.862. The van der Waals surface area contributed by atoms with Crippen molar-refractivity contribution in [2.75, 3.05) is 12.3 Å². The summed E-state index contributed by atoms with van der Waals surface area (Å²) >= 11 is 1.60. The van der Waals surface area contributed by atoms with Gasteiger partial charge in [0, 0.05) is 11.3 Å². The standard InChI is InChI=1S/C16H14N4OS/c1-2-21-12-6-7-13-14(9-12)22-16-19-18-15(20(13)16)10-4-3-5-11(17)8-10/h3-9H,2,17H2,1H3. The zero-order valence-electron chi connectivity index (χ0n) is 12.0. The number of nitrogen functional groups attached to an aromatic ring is 1. The second-order valence-corrected chi connectivity index (χ2v) is 5.94. The fourth-order valence-electron chi connectivity index (χ4n) is 2.53. The smallest absolute Gasteiger partial charge is 0.217 e. The molecule has 110 valence electrons. The van der Waals surface area contributed by atoms with Crippen LogP contribution in [0.5, 0.6) is 5.75 Å². The summed E-state index contributed by atoms with van der Waals surface area (Å²) in [5.74, 6) is 1.68. The first kappa shape index (κ1) is 13.1. The molecule has 0 saturated heterocycles. The molecular weight excluding hydrogens is 296 g/mol. The number of benzene rings is 2. The number of hydrogen-bond donors (Lipinski definition) is 1. The SMILES string of the molecule is CCOc1ccc2c(c1)sc1nnc(-c3cccc(N)c3)n12. The summed E-state index contributed by atoms with van der Waals surface area (Å²) in [5, 5.41) is 8.60. The van der Waals surface area contributed by atoms with Crippen LogP contribution in [0, 0.1) is 0 Å². The Hall–Kier alpha value is -2.60. The van der Waals surface area contributed by atoms with Crippen LogP contribution in [0.25, 0.3) is 26.6 Å². The van der Waals surface area contributed by atoms with Crippen LogP contribution in [0.3, 0.4) is 0 Å². The predicted octanol–water partition coefficient (Wildman–Crippen LogP) is 3.59. The lowest BCUT2D eigenvalue weighted by atomic mass is 10.2. The van der Waals surface area contributed by atoms with E-state index in [9.17, 15) is 0 Å². The van der Waals surface area contributed by atoms with Crippen molar-refractivity contribution in [1.29, 1.82) is 0 Å². The maximum Gasteiger partial charge on any atom is 0.217 e. The zero-order chi connectivity index (χ0) is 15.1. The molecular formula is C16H14N4OS. The molecule has 0 aliphatic carbocycles. The Kier molecular flexibility index (Phi) is 2.97. The molecule has 0 saturated carbocycles. The Balaban J connectivity index is 1.95. The van der Waals surface area contributed by atoms with E-state index >= 15 is 0 Å². The van der Waals surface area contributed by atoms with E-state index in [-0.39, 0.29) is 0 Å². The summed E-state index contributed by atoms with van der Waals surface area (Å²) in [6, 6.07) is 13.8. The number of ether oxygens (including phenoxy) is 1. The Morgan fingerprint density at radius 1 is 1.18 bits per heavy atom. The van der Waals surface area contributed by atoms with Gasteiger partial charge in [0.05, 0.1) is 16.8 Å². The molecule has 2 aromatic heterocycles. The number of hydrogen-bond acceptors (Lipinski definition) is 5. The fraction of sp³-hybridized carbons (Fsp3) is 0.125. The largest absolute Gasteiger partial charge is 0.494 e. The van der Waals surface area contributed by atoms with Gasteiger partial charge in [0.25, 0.3) is 0 Å². The topological polar surface area (TPSA) is 65.4 Å². The average molecular weight is 310 g/mol. The monoisotopic (exact) mass is 310 g/mol. The zero-order valence-corrected chi connectivity index (χ0v) is 12.8. The minimum atomic E-state index is 0.657. The Labute approximate surface area is 131 Å². The number of aromatic nitrogens is 3. The molecule has 0 unspecified atom stereocenters. The normalized spacial score (nSPS) is 11.3. The van der Waals surface area contributed by atoms with Crippen molar-refractivity contribution in [2.24, 2.45) is 0 Å². The molecule has 0 aliphatic heterocycles. The van der Waals surface area contributed by atoms with Crippen LogP contribution in [-0.2, 0) is 0 Å². The highest BCUT2D eigenvalue weighted by atomic mass is 32.1. The molecule has 6 heteroatoms. The lowest BCUT2D eigenvalue weighted by Crippen LogP contribution is -1.92. The molecule has 0 aliphatic rings. The highest BCUT2D eigenvalue weighted by Crippen LogP contribution is 2.32. The van der Waals surface area contributed by atoms with Crippen molar-refractivity contribution in [2.45, 2.75) is 6.92 Å². The molecule has 0 atom stereocenters. The third-order valence-corrected chi connectivity index (χ3v) is 4.46. The average Bonchev–Trinajstić information content (AvgIpc) is 3.06. The van der Waals surface area contributed by atoms with Crippen molar-refractivity contribution in [1.82, 2.24) is 14.6 Å². The van der Waals surface area contributed by atoms with Crippen LogP contribution in [0.2, 0.25) is 0 Å². The highest BCUT2D eigenvalue weighted by molar-refractivity contribution is 7.23. The predicted molar refractivity (Wildman–Crippen MR) is 89.4 cm³/mol. The first-order chi connectivity index (χ1) is 10.8. The molecule has 5 nitrogen and oxygen atoms in total. The third-order valence-electron chi connectivity index (χ3n) is 3.46. The first-order valence-electron chi connectivity index (χ1n) is 7.02. The molecule has 2 N–H and O–H groups in total. The van der Waals surface area contributed by atoms with Crippen molar-refractivity contribution < 1.29 is 4.74 Å². The van der Waals surface area contributed by atoms with Gasteiger partial charge in [-0.25, -0.2) is 0 Å². The van der Waals surface area contributed by atoms with Crippen molar-refractivity contribution in [3.05, 3.63) is 42.5 Å². The number of thiazole rings is 1. The summed E-state index contributed by atoms with van der Waals surface area (Å²) in [6.45, 7) is 2.64. The number of nitrogens with two attached hydrogens (primary N) is 1. The fourth-order valence-corrected chi connectivity index (χ4v) is 3.53. The molecule has 0 radical (unpaired) electrons. The molecule has 2 aromatic carbocycles. The van der Waals surface area contributed by atoms with Gasteiger partial charge in [0.2, 0.25) is 4.96 Å². The van der Waals surface area contributed by atoms with Gasteiger partial charge in [-0.1, -0.05) is 23.5 Å². The molecule has 0 bridgehead atoms. The minimum absolute atomic E-state index is 0.657. The van der Waals surface area contributed by atoms with E-state index in [4.69, 9.17) is 10.5 Å². The number of fused-ring (bicyclic) bond motifs is 3. The first-order valence-corrected chi connectivity index (χ1v) is 7.84. The van der Waals surface area contributed by atoms with Gasteiger partial charge < -0.3 is 10.5 Å². The number of anilines is 1. The maximum absolute atomic E-state index is 5.88. The van der Waals surface area contributed by atoms with Crippen LogP contribution in [0.15, 0.2) is 42.5 Å². The van der Waals surface area contributed by atoms with Gasteiger partial charge in [0.15, 0.2) is 5.82 Å². The maximum atomic E-state index is 5.88. The number of rotatable bonds is 3. The van der Waals surface area contributed by atoms with Gasteiger partial charge in [-0.05, 0) is 37.3 Å². The van der Waals surface area contributed by atoms with Crippen LogP contribution in [0.4, 0.5) is 5.69 Å². The van der Waals surface area contributed by atoms with Crippen LogP contribution in [0.1, 0.15) is 6.92 Å². The van der Waals surface area contributed by atoms with Crippen molar-refractivity contribution in [3.8, 4) is 17.1 Å². The molecule has 4 aromatic rings.